The maximum Gasteiger partial charge on any atom is 0.272 e. The maximum atomic E-state index is 13.7. The first kappa shape index (κ1) is 14.6. The fraction of sp³-hybridized carbons (Fsp3) is 0.231. The van der Waals surface area contributed by atoms with Gasteiger partial charge in [0.1, 0.15) is 5.82 Å². The van der Waals surface area contributed by atoms with Gasteiger partial charge in [0.25, 0.3) is 5.69 Å². The van der Waals surface area contributed by atoms with E-state index in [4.69, 9.17) is 4.74 Å². The zero-order valence-corrected chi connectivity index (χ0v) is 11.2. The van der Waals surface area contributed by atoms with E-state index in [9.17, 15) is 14.5 Å². The molecule has 0 radical (unpaired) electrons. The monoisotopic (exact) mass is 292 g/mol. The molecular formula is C13H13FN4O3. The number of non-ortho nitro benzene ring substituents is 1. The van der Waals surface area contributed by atoms with Crippen LogP contribution in [0.5, 0.6) is 11.6 Å². The van der Waals surface area contributed by atoms with Crippen molar-refractivity contribution in [3.63, 3.8) is 0 Å². The molecule has 0 fully saturated rings. The van der Waals surface area contributed by atoms with Gasteiger partial charge in [0, 0.05) is 12.6 Å². The second-order valence-electron chi connectivity index (χ2n) is 4.14. The average molecular weight is 292 g/mol. The summed E-state index contributed by atoms with van der Waals surface area (Å²) in [4.78, 5) is 17.9. The van der Waals surface area contributed by atoms with Crippen molar-refractivity contribution < 1.29 is 14.1 Å². The predicted molar refractivity (Wildman–Crippen MR) is 73.9 cm³/mol. The molecule has 0 bridgehead atoms. The summed E-state index contributed by atoms with van der Waals surface area (Å²) in [5.74, 6) is -0.374. The van der Waals surface area contributed by atoms with E-state index in [0.717, 1.165) is 25.1 Å². The third-order valence-corrected chi connectivity index (χ3v) is 2.51. The lowest BCUT2D eigenvalue weighted by atomic mass is 10.3. The molecule has 2 aromatic rings. The van der Waals surface area contributed by atoms with Crippen LogP contribution in [0.4, 0.5) is 15.9 Å². The summed E-state index contributed by atoms with van der Waals surface area (Å²) in [6, 6.07) is 3.13. The molecule has 0 aliphatic carbocycles. The van der Waals surface area contributed by atoms with Crippen molar-refractivity contribution in [1.29, 1.82) is 0 Å². The van der Waals surface area contributed by atoms with Crippen molar-refractivity contribution >= 4 is 11.5 Å². The number of aromatic nitrogens is 2. The Morgan fingerprint density at radius 2 is 2.24 bits per heavy atom. The van der Waals surface area contributed by atoms with Crippen LogP contribution in [0.1, 0.15) is 13.3 Å². The zero-order valence-electron chi connectivity index (χ0n) is 11.2. The molecule has 0 unspecified atom stereocenters. The van der Waals surface area contributed by atoms with Crippen molar-refractivity contribution in [2.75, 3.05) is 11.9 Å². The molecule has 1 aromatic heterocycles. The highest BCUT2D eigenvalue weighted by Gasteiger charge is 2.13. The highest BCUT2D eigenvalue weighted by molar-refractivity contribution is 5.40. The number of nitrogens with one attached hydrogen (secondary N) is 1. The number of hydrogen-bond acceptors (Lipinski definition) is 6. The third kappa shape index (κ3) is 3.85. The SMILES string of the molecule is CCCNc1cncc(Oc2ccc([N+](=O)[O-])cc2F)n1. The van der Waals surface area contributed by atoms with Gasteiger partial charge in [-0.1, -0.05) is 6.92 Å². The Balaban J connectivity index is 2.16. The summed E-state index contributed by atoms with van der Waals surface area (Å²) in [6.07, 6.45) is 3.77. The lowest BCUT2D eigenvalue weighted by Crippen LogP contribution is -2.03. The normalized spacial score (nSPS) is 10.2. The van der Waals surface area contributed by atoms with Gasteiger partial charge in [-0.15, -0.1) is 0 Å². The van der Waals surface area contributed by atoms with E-state index < -0.39 is 10.7 Å². The molecule has 0 amide bonds. The molecule has 1 N–H and O–H groups in total. The molecule has 110 valence electrons. The van der Waals surface area contributed by atoms with Gasteiger partial charge in [-0.25, -0.2) is 4.39 Å². The highest BCUT2D eigenvalue weighted by Crippen LogP contribution is 2.26. The highest BCUT2D eigenvalue weighted by atomic mass is 19.1. The Bertz CT molecular complexity index is 651. The van der Waals surface area contributed by atoms with Crippen molar-refractivity contribution in [2.24, 2.45) is 0 Å². The Morgan fingerprint density at radius 3 is 2.90 bits per heavy atom. The molecule has 1 heterocycles. The van der Waals surface area contributed by atoms with E-state index in [0.29, 0.717) is 5.82 Å². The van der Waals surface area contributed by atoms with Crippen molar-refractivity contribution in [3.05, 3.63) is 46.5 Å². The van der Waals surface area contributed by atoms with Crippen LogP contribution in [0.25, 0.3) is 0 Å². The molecule has 2 rings (SSSR count). The molecule has 1 aromatic carbocycles. The first-order valence-corrected chi connectivity index (χ1v) is 6.28. The fourth-order valence-electron chi connectivity index (χ4n) is 1.53. The minimum Gasteiger partial charge on any atom is -0.434 e. The number of rotatable bonds is 6. The molecule has 0 saturated heterocycles. The lowest BCUT2D eigenvalue weighted by molar-refractivity contribution is -0.385. The Morgan fingerprint density at radius 1 is 1.43 bits per heavy atom. The van der Waals surface area contributed by atoms with Gasteiger partial charge < -0.3 is 10.1 Å². The van der Waals surface area contributed by atoms with Gasteiger partial charge in [-0.2, -0.15) is 4.98 Å². The van der Waals surface area contributed by atoms with Gasteiger partial charge in [0.2, 0.25) is 5.88 Å². The average Bonchev–Trinajstić information content (AvgIpc) is 2.47. The minimum atomic E-state index is -0.835. The van der Waals surface area contributed by atoms with Crippen LogP contribution < -0.4 is 10.1 Å². The van der Waals surface area contributed by atoms with Crippen LogP contribution in [0.15, 0.2) is 30.6 Å². The largest absolute Gasteiger partial charge is 0.434 e. The van der Waals surface area contributed by atoms with Crippen LogP contribution in [0.2, 0.25) is 0 Å². The number of halogens is 1. The van der Waals surface area contributed by atoms with Crippen LogP contribution in [-0.2, 0) is 0 Å². The molecule has 0 aliphatic rings. The standard InChI is InChI=1S/C13H13FN4O3/c1-2-5-16-12-7-15-8-13(17-12)21-11-4-3-9(18(19)20)6-10(11)14/h3-4,6-8H,2,5H2,1H3,(H,16,17). The topological polar surface area (TPSA) is 90.2 Å². The van der Waals surface area contributed by atoms with Crippen LogP contribution in [0, 0.1) is 15.9 Å². The van der Waals surface area contributed by atoms with Gasteiger partial charge in [-0.05, 0) is 12.5 Å². The Hall–Kier alpha value is -2.77. The van der Waals surface area contributed by atoms with Crippen molar-refractivity contribution in [1.82, 2.24) is 9.97 Å². The smallest absolute Gasteiger partial charge is 0.272 e. The van der Waals surface area contributed by atoms with Gasteiger partial charge in [0.15, 0.2) is 11.6 Å². The van der Waals surface area contributed by atoms with Crippen molar-refractivity contribution in [3.8, 4) is 11.6 Å². The predicted octanol–water partition coefficient (Wildman–Crippen LogP) is 3.14. The van der Waals surface area contributed by atoms with E-state index in [2.05, 4.69) is 15.3 Å². The first-order valence-electron chi connectivity index (χ1n) is 6.28. The molecule has 7 nitrogen and oxygen atoms in total. The van der Waals surface area contributed by atoms with Crippen LogP contribution in [-0.4, -0.2) is 21.4 Å². The van der Waals surface area contributed by atoms with E-state index in [1.807, 2.05) is 6.92 Å². The number of hydrogen-bond donors (Lipinski definition) is 1. The summed E-state index contributed by atoms with van der Waals surface area (Å²) in [7, 11) is 0. The van der Waals surface area contributed by atoms with Gasteiger partial charge in [-0.3, -0.25) is 15.1 Å². The number of nitro groups is 1. The number of anilines is 1. The summed E-state index contributed by atoms with van der Waals surface area (Å²) < 4.78 is 19.0. The summed E-state index contributed by atoms with van der Waals surface area (Å²) >= 11 is 0. The molecule has 8 heteroatoms. The number of ether oxygens (including phenoxy) is 1. The van der Waals surface area contributed by atoms with Crippen LogP contribution >= 0.6 is 0 Å². The Kier molecular flexibility index (Phi) is 4.60. The molecule has 0 spiro atoms. The first-order chi connectivity index (χ1) is 10.1. The number of nitro benzene ring substituents is 1. The molecule has 0 aliphatic heterocycles. The summed E-state index contributed by atoms with van der Waals surface area (Å²) in [6.45, 7) is 2.73. The number of nitrogens with zero attached hydrogens (tertiary/aromatic N) is 3. The molecule has 0 atom stereocenters. The minimum absolute atomic E-state index is 0.101. The fourth-order valence-corrected chi connectivity index (χ4v) is 1.53. The molecule has 0 saturated carbocycles. The Labute approximate surface area is 120 Å². The summed E-state index contributed by atoms with van der Waals surface area (Å²) in [5, 5.41) is 13.6. The van der Waals surface area contributed by atoms with Gasteiger partial charge >= 0.3 is 0 Å². The van der Waals surface area contributed by atoms with Gasteiger partial charge in [0.05, 0.1) is 23.4 Å². The van der Waals surface area contributed by atoms with Crippen molar-refractivity contribution in [2.45, 2.75) is 13.3 Å². The van der Waals surface area contributed by atoms with E-state index in [1.165, 1.54) is 18.5 Å². The zero-order chi connectivity index (χ0) is 15.2. The van der Waals surface area contributed by atoms with Crippen LogP contribution in [0.3, 0.4) is 0 Å². The van der Waals surface area contributed by atoms with E-state index >= 15 is 0 Å². The molecule has 21 heavy (non-hydrogen) atoms. The lowest BCUT2D eigenvalue weighted by Gasteiger charge is -2.07. The summed E-state index contributed by atoms with van der Waals surface area (Å²) in [5.41, 5.74) is -0.343. The molecular weight excluding hydrogens is 279 g/mol. The van der Waals surface area contributed by atoms with E-state index in [1.54, 1.807) is 0 Å². The number of benzene rings is 1. The second kappa shape index (κ2) is 6.60. The third-order valence-electron chi connectivity index (χ3n) is 2.51. The maximum absolute atomic E-state index is 13.7. The quantitative estimate of drug-likeness (QED) is 0.649. The van der Waals surface area contributed by atoms with E-state index in [-0.39, 0.29) is 17.3 Å². The second-order valence-corrected chi connectivity index (χ2v) is 4.14.